The van der Waals surface area contributed by atoms with Crippen LogP contribution in [0.3, 0.4) is 0 Å². The Hall–Kier alpha value is -0.651. The molecule has 2 rings (SSSR count). The van der Waals surface area contributed by atoms with E-state index in [1.54, 1.807) is 0 Å². The fourth-order valence-electron chi connectivity index (χ4n) is 1.13. The standard InChI is InChI=1S/C12H10O4SSe2/c13-17(14,15-18-11-7-3-1-4-8-11)16-19-12-9-5-2-6-10-12/h1-10H. The SMILES string of the molecule is O=S(=O)(O[Se]c1ccccc1)O[Se]c1ccccc1. The monoisotopic (exact) mass is 410 g/mol. The summed E-state index contributed by atoms with van der Waals surface area (Å²) in [6, 6.07) is 18.3. The van der Waals surface area contributed by atoms with Crippen molar-refractivity contribution in [1.82, 2.24) is 0 Å². The maximum absolute atomic E-state index is 11.6. The summed E-state index contributed by atoms with van der Waals surface area (Å²) in [4.78, 5) is 0. The van der Waals surface area contributed by atoms with Gasteiger partial charge in [-0.2, -0.15) is 0 Å². The molecular weight excluding hydrogens is 398 g/mol. The van der Waals surface area contributed by atoms with Gasteiger partial charge in [0.25, 0.3) is 0 Å². The summed E-state index contributed by atoms with van der Waals surface area (Å²) < 4.78 is 34.5. The molecule has 0 aromatic heterocycles. The Labute approximate surface area is 125 Å². The topological polar surface area (TPSA) is 52.6 Å². The van der Waals surface area contributed by atoms with Crippen molar-refractivity contribution < 1.29 is 14.9 Å². The minimum atomic E-state index is -3.92. The molecule has 0 fully saturated rings. The molecule has 0 radical (unpaired) electrons. The van der Waals surface area contributed by atoms with Gasteiger partial charge in [0.1, 0.15) is 0 Å². The Bertz CT molecular complexity index is 553. The van der Waals surface area contributed by atoms with Gasteiger partial charge in [0.2, 0.25) is 0 Å². The molecule has 4 nitrogen and oxygen atoms in total. The molecule has 0 heterocycles. The summed E-state index contributed by atoms with van der Waals surface area (Å²) in [5, 5.41) is 0. The molecule has 0 spiro atoms. The van der Waals surface area contributed by atoms with Gasteiger partial charge in [0.15, 0.2) is 0 Å². The van der Waals surface area contributed by atoms with Gasteiger partial charge >= 0.3 is 126 Å². The van der Waals surface area contributed by atoms with Gasteiger partial charge in [0, 0.05) is 0 Å². The molecule has 0 amide bonds. The van der Waals surface area contributed by atoms with E-state index in [9.17, 15) is 8.42 Å². The zero-order chi connectivity index (χ0) is 13.6. The van der Waals surface area contributed by atoms with Crippen LogP contribution in [0.5, 0.6) is 0 Å². The minimum absolute atomic E-state index is 0.604. The molecule has 0 aliphatic heterocycles. The van der Waals surface area contributed by atoms with Crippen LogP contribution >= 0.6 is 0 Å². The van der Waals surface area contributed by atoms with Gasteiger partial charge < -0.3 is 0 Å². The molecule has 100 valence electrons. The fourth-order valence-corrected chi connectivity index (χ4v) is 5.52. The summed E-state index contributed by atoms with van der Waals surface area (Å²) in [7, 11) is -3.92. The van der Waals surface area contributed by atoms with Crippen LogP contribution in [-0.4, -0.2) is 39.0 Å². The Kier molecular flexibility index (Phi) is 5.60. The third kappa shape index (κ3) is 5.46. The average molecular weight is 408 g/mol. The van der Waals surface area contributed by atoms with Crippen LogP contribution in [-0.2, 0) is 16.9 Å². The van der Waals surface area contributed by atoms with Crippen LogP contribution in [0.4, 0.5) is 0 Å². The zero-order valence-electron chi connectivity index (χ0n) is 9.63. The van der Waals surface area contributed by atoms with Gasteiger partial charge in [-0.3, -0.25) is 0 Å². The number of benzene rings is 2. The molecule has 0 saturated heterocycles. The van der Waals surface area contributed by atoms with Crippen molar-refractivity contribution in [2.24, 2.45) is 0 Å². The summed E-state index contributed by atoms with van der Waals surface area (Å²) in [6.07, 6.45) is 0. The third-order valence-corrected chi connectivity index (χ3v) is 7.29. The molecule has 19 heavy (non-hydrogen) atoms. The summed E-state index contributed by atoms with van der Waals surface area (Å²) in [6.45, 7) is 0. The Morgan fingerprint density at radius 3 is 1.42 bits per heavy atom. The molecule has 0 aliphatic rings. The Morgan fingerprint density at radius 1 is 0.684 bits per heavy atom. The molecule has 0 unspecified atom stereocenters. The molecule has 0 bridgehead atoms. The van der Waals surface area contributed by atoms with E-state index in [0.717, 1.165) is 8.92 Å². The maximum atomic E-state index is 11.6. The fraction of sp³-hybridized carbons (Fsp3) is 0. The number of hydrogen-bond acceptors (Lipinski definition) is 4. The van der Waals surface area contributed by atoms with E-state index < -0.39 is 41.0 Å². The third-order valence-electron chi connectivity index (χ3n) is 1.91. The van der Waals surface area contributed by atoms with E-state index in [2.05, 4.69) is 0 Å². The van der Waals surface area contributed by atoms with Crippen LogP contribution in [0.2, 0.25) is 0 Å². The predicted molar refractivity (Wildman–Crippen MR) is 74.7 cm³/mol. The summed E-state index contributed by atoms with van der Waals surface area (Å²) in [5.74, 6) is 0. The van der Waals surface area contributed by atoms with Crippen molar-refractivity contribution >= 4 is 49.9 Å². The van der Waals surface area contributed by atoms with Gasteiger partial charge in [-0.25, -0.2) is 0 Å². The number of rotatable bonds is 6. The van der Waals surface area contributed by atoms with E-state index in [-0.39, 0.29) is 0 Å². The Balaban J connectivity index is 1.86. The van der Waals surface area contributed by atoms with Crippen LogP contribution < -0.4 is 8.92 Å². The van der Waals surface area contributed by atoms with Crippen molar-refractivity contribution in [3.63, 3.8) is 0 Å². The van der Waals surface area contributed by atoms with Crippen molar-refractivity contribution in [2.45, 2.75) is 0 Å². The van der Waals surface area contributed by atoms with E-state index >= 15 is 0 Å². The van der Waals surface area contributed by atoms with Crippen LogP contribution in [0.1, 0.15) is 0 Å². The average Bonchev–Trinajstić information content (AvgIpc) is 2.46. The summed E-state index contributed by atoms with van der Waals surface area (Å²) in [5.41, 5.74) is 0. The van der Waals surface area contributed by atoms with Crippen molar-refractivity contribution in [1.29, 1.82) is 0 Å². The molecule has 2 aromatic rings. The van der Waals surface area contributed by atoms with E-state index in [1.165, 1.54) is 0 Å². The van der Waals surface area contributed by atoms with Gasteiger partial charge in [-0.05, 0) is 0 Å². The van der Waals surface area contributed by atoms with Crippen molar-refractivity contribution in [2.75, 3.05) is 0 Å². The molecular formula is C12H10O4SSe2. The molecule has 0 aliphatic carbocycles. The second-order valence-electron chi connectivity index (χ2n) is 3.34. The second kappa shape index (κ2) is 7.22. The van der Waals surface area contributed by atoms with Crippen LogP contribution in [0.15, 0.2) is 60.7 Å². The van der Waals surface area contributed by atoms with Crippen LogP contribution in [0, 0.1) is 0 Å². The Morgan fingerprint density at radius 2 is 1.05 bits per heavy atom. The van der Waals surface area contributed by atoms with Crippen molar-refractivity contribution in [3.8, 4) is 0 Å². The summed E-state index contributed by atoms with van der Waals surface area (Å²) >= 11 is -1.21. The van der Waals surface area contributed by atoms with Gasteiger partial charge in [0.05, 0.1) is 0 Å². The van der Waals surface area contributed by atoms with E-state index in [1.807, 2.05) is 60.7 Å². The van der Waals surface area contributed by atoms with Gasteiger partial charge in [-0.1, -0.05) is 0 Å². The zero-order valence-corrected chi connectivity index (χ0v) is 13.9. The second-order valence-corrected chi connectivity index (χ2v) is 8.82. The molecule has 0 N–H and O–H groups in total. The molecule has 0 atom stereocenters. The van der Waals surface area contributed by atoms with Crippen molar-refractivity contribution in [3.05, 3.63) is 60.7 Å². The molecule has 0 saturated carbocycles. The first-order chi connectivity index (χ1) is 9.16. The number of hydrogen-bond donors (Lipinski definition) is 0. The van der Waals surface area contributed by atoms with Gasteiger partial charge in [-0.15, -0.1) is 0 Å². The first-order valence-corrected chi connectivity index (χ1v) is 9.67. The normalized spacial score (nSPS) is 11.4. The first-order valence-electron chi connectivity index (χ1n) is 5.23. The first kappa shape index (κ1) is 14.8. The van der Waals surface area contributed by atoms with Crippen LogP contribution in [0.25, 0.3) is 0 Å². The molecule has 7 heteroatoms. The predicted octanol–water partition coefficient (Wildman–Crippen LogP) is 0.154. The van der Waals surface area contributed by atoms with E-state index in [0.29, 0.717) is 0 Å². The van der Waals surface area contributed by atoms with E-state index in [4.69, 9.17) is 6.53 Å². The molecule has 2 aromatic carbocycles. The quantitative estimate of drug-likeness (QED) is 0.639.